The van der Waals surface area contributed by atoms with Gasteiger partial charge in [-0.3, -0.25) is 4.98 Å². The van der Waals surface area contributed by atoms with E-state index in [-0.39, 0.29) is 6.03 Å². The summed E-state index contributed by atoms with van der Waals surface area (Å²) in [6.07, 6.45) is 4.46. The predicted octanol–water partition coefficient (Wildman–Crippen LogP) is 1.87. The number of carbonyl (C=O) groups is 2. The second kappa shape index (κ2) is 8.14. The summed E-state index contributed by atoms with van der Waals surface area (Å²) in [7, 11) is 0. The minimum atomic E-state index is -1.000. The molecule has 1 aromatic heterocycles. The maximum Gasteiger partial charge on any atom is 0.326 e. The van der Waals surface area contributed by atoms with Gasteiger partial charge in [-0.05, 0) is 31.0 Å². The van der Waals surface area contributed by atoms with Crippen LogP contribution in [0.4, 0.5) is 4.79 Å². The number of carboxylic acids is 1. The van der Waals surface area contributed by atoms with Crippen molar-refractivity contribution in [1.82, 2.24) is 15.2 Å². The molecule has 1 atom stereocenters. The van der Waals surface area contributed by atoms with Crippen LogP contribution in [0.1, 0.15) is 32.3 Å². The third-order valence-corrected chi connectivity index (χ3v) is 2.96. The molecule has 0 saturated heterocycles. The van der Waals surface area contributed by atoms with Crippen LogP contribution in [0, 0.1) is 0 Å². The van der Waals surface area contributed by atoms with Crippen LogP contribution in [-0.4, -0.2) is 39.6 Å². The lowest BCUT2D eigenvalue weighted by atomic mass is 10.2. The Balaban J connectivity index is 2.64. The van der Waals surface area contributed by atoms with Crippen molar-refractivity contribution in [2.45, 2.75) is 39.3 Å². The molecule has 0 radical (unpaired) electrons. The monoisotopic (exact) mass is 279 g/mol. The minimum absolute atomic E-state index is 0.356. The number of rotatable bonds is 7. The number of carbonyl (C=O) groups excluding carboxylic acids is 1. The fraction of sp³-hybridized carbons (Fsp3) is 0.500. The second-order valence-corrected chi connectivity index (χ2v) is 4.50. The number of nitrogens with one attached hydrogen (secondary N) is 1. The maximum atomic E-state index is 12.1. The van der Waals surface area contributed by atoms with E-state index < -0.39 is 12.0 Å². The molecule has 0 fully saturated rings. The summed E-state index contributed by atoms with van der Waals surface area (Å²) < 4.78 is 0. The van der Waals surface area contributed by atoms with Crippen LogP contribution in [0.5, 0.6) is 0 Å². The van der Waals surface area contributed by atoms with Gasteiger partial charge in [0.15, 0.2) is 0 Å². The van der Waals surface area contributed by atoms with Crippen molar-refractivity contribution in [2.75, 3.05) is 6.54 Å². The highest BCUT2D eigenvalue weighted by molar-refractivity contribution is 5.82. The summed E-state index contributed by atoms with van der Waals surface area (Å²) in [5.74, 6) is -1.000. The van der Waals surface area contributed by atoms with Gasteiger partial charge in [-0.2, -0.15) is 0 Å². The van der Waals surface area contributed by atoms with Crippen LogP contribution in [0.3, 0.4) is 0 Å². The van der Waals surface area contributed by atoms with Crippen molar-refractivity contribution in [3.8, 4) is 0 Å². The summed E-state index contributed by atoms with van der Waals surface area (Å²) >= 11 is 0. The number of carboxylic acid groups (broad SMARTS) is 1. The van der Waals surface area contributed by atoms with Crippen LogP contribution in [0.15, 0.2) is 24.5 Å². The highest BCUT2D eigenvalue weighted by Gasteiger charge is 2.21. The molecular formula is C14H21N3O3. The molecule has 6 heteroatoms. The Kier molecular flexibility index (Phi) is 6.49. The van der Waals surface area contributed by atoms with Crippen molar-refractivity contribution in [2.24, 2.45) is 0 Å². The molecule has 0 saturated carbocycles. The van der Waals surface area contributed by atoms with Crippen molar-refractivity contribution in [3.63, 3.8) is 0 Å². The number of aliphatic carboxylic acids is 1. The predicted molar refractivity (Wildman–Crippen MR) is 75.2 cm³/mol. The van der Waals surface area contributed by atoms with Crippen molar-refractivity contribution in [1.29, 1.82) is 0 Å². The van der Waals surface area contributed by atoms with Gasteiger partial charge in [0.1, 0.15) is 6.04 Å². The summed E-state index contributed by atoms with van der Waals surface area (Å²) in [4.78, 5) is 28.6. The van der Waals surface area contributed by atoms with Gasteiger partial charge in [-0.15, -0.1) is 0 Å². The van der Waals surface area contributed by atoms with Gasteiger partial charge in [0.2, 0.25) is 0 Å². The molecule has 1 heterocycles. The SMILES string of the molecule is CCC[C@@H](NC(=O)N(CC)Cc1ccncc1)C(=O)O. The van der Waals surface area contributed by atoms with Gasteiger partial charge in [0.25, 0.3) is 0 Å². The summed E-state index contributed by atoms with van der Waals surface area (Å²) in [5.41, 5.74) is 0.958. The van der Waals surface area contributed by atoms with E-state index in [2.05, 4.69) is 10.3 Å². The van der Waals surface area contributed by atoms with Crippen LogP contribution in [0.25, 0.3) is 0 Å². The van der Waals surface area contributed by atoms with Gasteiger partial charge >= 0.3 is 12.0 Å². The highest BCUT2D eigenvalue weighted by Crippen LogP contribution is 2.05. The van der Waals surface area contributed by atoms with E-state index in [0.29, 0.717) is 25.9 Å². The molecule has 0 aromatic carbocycles. The first-order valence-corrected chi connectivity index (χ1v) is 6.75. The number of aromatic nitrogens is 1. The third kappa shape index (κ3) is 4.87. The molecule has 1 rings (SSSR count). The second-order valence-electron chi connectivity index (χ2n) is 4.50. The first-order valence-electron chi connectivity index (χ1n) is 6.75. The van der Waals surface area contributed by atoms with E-state index in [9.17, 15) is 9.59 Å². The normalized spacial score (nSPS) is 11.7. The standard InChI is InChI=1S/C14H21N3O3/c1-3-5-12(13(18)19)16-14(20)17(4-2)10-11-6-8-15-9-7-11/h6-9,12H,3-5,10H2,1-2H3,(H,16,20)(H,18,19)/t12-/m1/s1. The number of urea groups is 1. The van der Waals surface area contributed by atoms with Crippen LogP contribution in [-0.2, 0) is 11.3 Å². The minimum Gasteiger partial charge on any atom is -0.480 e. The molecule has 110 valence electrons. The molecule has 2 N–H and O–H groups in total. The average Bonchev–Trinajstić information content (AvgIpc) is 2.45. The zero-order valence-corrected chi connectivity index (χ0v) is 11.9. The summed E-state index contributed by atoms with van der Waals surface area (Å²) in [5, 5.41) is 11.6. The third-order valence-electron chi connectivity index (χ3n) is 2.96. The number of pyridine rings is 1. The lowest BCUT2D eigenvalue weighted by molar-refractivity contribution is -0.139. The Morgan fingerprint density at radius 3 is 2.50 bits per heavy atom. The molecule has 6 nitrogen and oxygen atoms in total. The van der Waals surface area contributed by atoms with Gasteiger partial charge in [0.05, 0.1) is 0 Å². The highest BCUT2D eigenvalue weighted by atomic mass is 16.4. The first-order chi connectivity index (χ1) is 9.58. The molecule has 0 spiro atoms. The Hall–Kier alpha value is -2.11. The summed E-state index contributed by atoms with van der Waals surface area (Å²) in [6, 6.07) is 2.47. The molecular weight excluding hydrogens is 258 g/mol. The van der Waals surface area contributed by atoms with Crippen molar-refractivity contribution in [3.05, 3.63) is 30.1 Å². The Labute approximate surface area is 118 Å². The zero-order valence-electron chi connectivity index (χ0n) is 11.9. The zero-order chi connectivity index (χ0) is 15.0. The van der Waals surface area contributed by atoms with E-state index >= 15 is 0 Å². The molecule has 2 amide bonds. The lowest BCUT2D eigenvalue weighted by Crippen LogP contribution is -2.47. The van der Waals surface area contributed by atoms with E-state index in [4.69, 9.17) is 5.11 Å². The number of nitrogens with zero attached hydrogens (tertiary/aromatic N) is 2. The van der Waals surface area contributed by atoms with Gasteiger partial charge in [0, 0.05) is 25.5 Å². The Morgan fingerprint density at radius 2 is 2.00 bits per heavy atom. The molecule has 0 aliphatic rings. The van der Waals surface area contributed by atoms with Crippen molar-refractivity contribution >= 4 is 12.0 Å². The van der Waals surface area contributed by atoms with Gasteiger partial charge in [-0.1, -0.05) is 13.3 Å². The fourth-order valence-corrected chi connectivity index (χ4v) is 1.82. The smallest absolute Gasteiger partial charge is 0.326 e. The topological polar surface area (TPSA) is 82.5 Å². The maximum absolute atomic E-state index is 12.1. The van der Waals surface area contributed by atoms with Crippen LogP contribution < -0.4 is 5.32 Å². The number of amides is 2. The number of hydrogen-bond acceptors (Lipinski definition) is 3. The molecule has 1 aromatic rings. The fourth-order valence-electron chi connectivity index (χ4n) is 1.82. The Bertz CT molecular complexity index is 437. The van der Waals surface area contributed by atoms with Crippen LogP contribution in [0.2, 0.25) is 0 Å². The molecule has 0 unspecified atom stereocenters. The molecule has 20 heavy (non-hydrogen) atoms. The van der Waals surface area contributed by atoms with Gasteiger partial charge < -0.3 is 15.3 Å². The van der Waals surface area contributed by atoms with E-state index in [1.54, 1.807) is 17.3 Å². The quantitative estimate of drug-likeness (QED) is 0.798. The van der Waals surface area contributed by atoms with Crippen molar-refractivity contribution < 1.29 is 14.7 Å². The largest absolute Gasteiger partial charge is 0.480 e. The lowest BCUT2D eigenvalue weighted by Gasteiger charge is -2.24. The molecule has 0 aliphatic heterocycles. The summed E-state index contributed by atoms with van der Waals surface area (Å²) in [6.45, 7) is 4.68. The molecule has 0 bridgehead atoms. The Morgan fingerprint density at radius 1 is 1.35 bits per heavy atom. The number of hydrogen-bond donors (Lipinski definition) is 2. The first kappa shape index (κ1) is 15.9. The molecule has 0 aliphatic carbocycles. The van der Waals surface area contributed by atoms with Gasteiger partial charge in [-0.25, -0.2) is 9.59 Å². The van der Waals surface area contributed by atoms with E-state index in [0.717, 1.165) is 5.56 Å². The van der Waals surface area contributed by atoms with E-state index in [1.165, 1.54) is 0 Å². The average molecular weight is 279 g/mol. The van der Waals surface area contributed by atoms with Crippen LogP contribution >= 0.6 is 0 Å². The van der Waals surface area contributed by atoms with E-state index in [1.807, 2.05) is 26.0 Å².